The molecule has 0 atom stereocenters. The maximum Gasteiger partial charge on any atom is 0.313 e. The summed E-state index contributed by atoms with van der Waals surface area (Å²) in [7, 11) is 0. The van der Waals surface area contributed by atoms with Crippen LogP contribution in [0.15, 0.2) is 40.9 Å². The summed E-state index contributed by atoms with van der Waals surface area (Å²) in [5, 5.41) is 10.2. The smallest absolute Gasteiger partial charge is 0.313 e. The molecular weight excluding hydrogens is 472 g/mol. The van der Waals surface area contributed by atoms with Crippen LogP contribution in [-0.2, 0) is 16.0 Å². The number of hydrogen-bond acceptors (Lipinski definition) is 8. The number of halogens is 2. The fourth-order valence-corrected chi connectivity index (χ4v) is 5.02. The van der Waals surface area contributed by atoms with E-state index in [-0.39, 0.29) is 29.6 Å². The molecule has 2 aliphatic rings. The molecule has 1 amide bonds. The van der Waals surface area contributed by atoms with Crippen LogP contribution in [0.5, 0.6) is 0 Å². The van der Waals surface area contributed by atoms with E-state index in [1.54, 1.807) is 12.3 Å². The number of carbonyl (C=O) groups excluding carboxylic acids is 2. The van der Waals surface area contributed by atoms with Crippen molar-refractivity contribution < 1.29 is 27.5 Å². The van der Waals surface area contributed by atoms with Gasteiger partial charge >= 0.3 is 17.8 Å². The van der Waals surface area contributed by atoms with E-state index in [0.29, 0.717) is 30.2 Å². The van der Waals surface area contributed by atoms with Gasteiger partial charge in [0.2, 0.25) is 5.89 Å². The minimum Gasteiger partial charge on any atom is -0.466 e. The number of esters is 1. The number of hydrogen-bond donors (Lipinski definition) is 1. The molecule has 188 valence electrons. The van der Waals surface area contributed by atoms with Crippen molar-refractivity contribution in [2.75, 3.05) is 29.9 Å². The van der Waals surface area contributed by atoms with E-state index >= 15 is 0 Å². The molecule has 0 bridgehead atoms. The van der Waals surface area contributed by atoms with Gasteiger partial charge in [0.05, 0.1) is 24.9 Å². The van der Waals surface area contributed by atoms with Crippen LogP contribution in [-0.4, -0.2) is 46.8 Å². The zero-order chi connectivity index (χ0) is 25.3. The third kappa shape index (κ3) is 5.05. The highest BCUT2D eigenvalue weighted by Crippen LogP contribution is 2.53. The van der Waals surface area contributed by atoms with Gasteiger partial charge in [-0.3, -0.25) is 9.59 Å². The summed E-state index contributed by atoms with van der Waals surface area (Å²) in [6, 6.07) is 7.04. The maximum absolute atomic E-state index is 13.4. The Balaban J connectivity index is 1.10. The van der Waals surface area contributed by atoms with Gasteiger partial charge in [-0.1, -0.05) is 6.07 Å². The quantitative estimate of drug-likeness (QED) is 0.469. The molecule has 2 aromatic heterocycles. The Hall–Kier alpha value is -3.89. The highest BCUT2D eigenvalue weighted by atomic mass is 19.2. The van der Waals surface area contributed by atoms with Crippen molar-refractivity contribution in [1.29, 1.82) is 0 Å². The first-order valence-electron chi connectivity index (χ1n) is 11.8. The molecule has 1 aliphatic carbocycles. The van der Waals surface area contributed by atoms with Gasteiger partial charge in [-0.15, -0.1) is 10.2 Å². The van der Waals surface area contributed by atoms with Crippen LogP contribution in [0, 0.1) is 23.0 Å². The van der Waals surface area contributed by atoms with Crippen LogP contribution in [0.25, 0.3) is 0 Å². The predicted molar refractivity (Wildman–Crippen MR) is 124 cm³/mol. The van der Waals surface area contributed by atoms with Crippen molar-refractivity contribution in [2.24, 2.45) is 11.3 Å². The highest BCUT2D eigenvalue weighted by Gasteiger charge is 2.52. The van der Waals surface area contributed by atoms with E-state index < -0.39 is 17.5 Å². The summed E-state index contributed by atoms with van der Waals surface area (Å²) in [4.78, 5) is 30.7. The average Bonchev–Trinajstić information content (AvgIpc) is 3.26. The number of pyridine rings is 1. The standard InChI is InChI=1S/C25H25F2N5O4/c1-2-35-22(33)9-16-10-25(11-16)13-32(14-25)20-6-4-17(12-28-20)29-23(34)24-31-30-21(36-24)8-15-3-5-18(26)19(27)7-15/h3-7,12,16H,2,8-11,13-14H2,1H3,(H,29,34). The van der Waals surface area contributed by atoms with Gasteiger partial charge in [0.15, 0.2) is 11.6 Å². The second-order valence-electron chi connectivity index (χ2n) is 9.42. The summed E-state index contributed by atoms with van der Waals surface area (Å²) in [5.74, 6) is -1.56. The third-order valence-electron chi connectivity index (χ3n) is 6.59. The first-order valence-corrected chi connectivity index (χ1v) is 11.8. The van der Waals surface area contributed by atoms with Crippen LogP contribution >= 0.6 is 0 Å². The first kappa shape index (κ1) is 23.8. The first-order chi connectivity index (χ1) is 17.3. The van der Waals surface area contributed by atoms with Gasteiger partial charge in [-0.25, -0.2) is 13.8 Å². The number of benzene rings is 1. The van der Waals surface area contributed by atoms with E-state index in [1.807, 2.05) is 13.0 Å². The second kappa shape index (κ2) is 9.63. The molecule has 1 aromatic carbocycles. The van der Waals surface area contributed by atoms with Crippen molar-refractivity contribution in [3.05, 3.63) is 65.5 Å². The minimum absolute atomic E-state index is 0.0641. The van der Waals surface area contributed by atoms with Crippen molar-refractivity contribution in [1.82, 2.24) is 15.2 Å². The number of anilines is 2. The molecule has 36 heavy (non-hydrogen) atoms. The van der Waals surface area contributed by atoms with E-state index in [4.69, 9.17) is 9.15 Å². The molecule has 1 saturated heterocycles. The van der Waals surface area contributed by atoms with E-state index in [1.165, 1.54) is 6.07 Å². The fourth-order valence-electron chi connectivity index (χ4n) is 5.02. The number of ether oxygens (including phenoxy) is 1. The number of aromatic nitrogens is 3. The predicted octanol–water partition coefficient (Wildman–Crippen LogP) is 3.76. The van der Waals surface area contributed by atoms with Crippen LogP contribution in [0.4, 0.5) is 20.3 Å². The zero-order valence-electron chi connectivity index (χ0n) is 19.7. The summed E-state index contributed by atoms with van der Waals surface area (Å²) in [5.41, 5.74) is 1.17. The Morgan fingerprint density at radius 1 is 1.17 bits per heavy atom. The molecule has 1 aliphatic heterocycles. The molecule has 1 saturated carbocycles. The normalized spacial score (nSPS) is 16.4. The number of rotatable bonds is 8. The molecular formula is C25H25F2N5O4. The number of amides is 1. The Morgan fingerprint density at radius 3 is 2.67 bits per heavy atom. The Morgan fingerprint density at radius 2 is 1.97 bits per heavy atom. The molecule has 2 fully saturated rings. The van der Waals surface area contributed by atoms with Crippen molar-refractivity contribution in [3.8, 4) is 0 Å². The Kier molecular flexibility index (Phi) is 6.38. The number of carbonyl (C=O) groups is 2. The maximum atomic E-state index is 13.4. The molecule has 0 radical (unpaired) electrons. The zero-order valence-corrected chi connectivity index (χ0v) is 19.7. The topological polar surface area (TPSA) is 110 Å². The van der Waals surface area contributed by atoms with Gasteiger partial charge in [0.25, 0.3) is 0 Å². The van der Waals surface area contributed by atoms with Crippen molar-refractivity contribution in [3.63, 3.8) is 0 Å². The monoisotopic (exact) mass is 497 g/mol. The van der Waals surface area contributed by atoms with Crippen LogP contribution in [0.2, 0.25) is 0 Å². The summed E-state index contributed by atoms with van der Waals surface area (Å²) in [6.45, 7) is 4.03. The molecule has 1 spiro atoms. The second-order valence-corrected chi connectivity index (χ2v) is 9.42. The van der Waals surface area contributed by atoms with Crippen molar-refractivity contribution in [2.45, 2.75) is 32.6 Å². The summed E-state index contributed by atoms with van der Waals surface area (Å²) >= 11 is 0. The lowest BCUT2D eigenvalue weighted by Crippen LogP contribution is -2.62. The lowest BCUT2D eigenvalue weighted by Gasteiger charge is -2.59. The van der Waals surface area contributed by atoms with E-state index in [0.717, 1.165) is 43.9 Å². The Labute approximate surface area is 205 Å². The lowest BCUT2D eigenvalue weighted by atomic mass is 9.57. The molecule has 5 rings (SSSR count). The molecule has 3 aromatic rings. The number of nitrogens with one attached hydrogen (secondary N) is 1. The SMILES string of the molecule is CCOC(=O)CC1CC2(C1)CN(c1ccc(NC(=O)c3nnc(Cc4ccc(F)c(F)c4)o3)cn1)C2. The van der Waals surface area contributed by atoms with Crippen LogP contribution in [0.1, 0.15) is 48.3 Å². The molecule has 3 heterocycles. The van der Waals surface area contributed by atoms with E-state index in [2.05, 4.69) is 25.4 Å². The van der Waals surface area contributed by atoms with Crippen LogP contribution in [0.3, 0.4) is 0 Å². The minimum atomic E-state index is -0.972. The summed E-state index contributed by atoms with van der Waals surface area (Å²) in [6.07, 6.45) is 4.17. The molecule has 0 unspecified atom stereocenters. The number of nitrogens with zero attached hydrogens (tertiary/aromatic N) is 4. The van der Waals surface area contributed by atoms with Crippen molar-refractivity contribution >= 4 is 23.4 Å². The van der Waals surface area contributed by atoms with Gasteiger partial charge < -0.3 is 19.4 Å². The average molecular weight is 498 g/mol. The highest BCUT2D eigenvalue weighted by molar-refractivity contribution is 6.00. The molecule has 11 heteroatoms. The van der Waals surface area contributed by atoms with Gasteiger partial charge in [0.1, 0.15) is 5.82 Å². The van der Waals surface area contributed by atoms with E-state index in [9.17, 15) is 18.4 Å². The molecule has 1 N–H and O–H groups in total. The summed E-state index contributed by atoms with van der Waals surface area (Å²) < 4.78 is 36.8. The van der Waals surface area contributed by atoms with Gasteiger partial charge in [-0.2, -0.15) is 0 Å². The van der Waals surface area contributed by atoms with Crippen LogP contribution < -0.4 is 10.2 Å². The molecule has 9 nitrogen and oxygen atoms in total. The fraction of sp³-hybridized carbons (Fsp3) is 0.400. The Bertz CT molecular complexity index is 1270. The van der Waals surface area contributed by atoms with Gasteiger partial charge in [0, 0.05) is 24.9 Å². The lowest BCUT2D eigenvalue weighted by molar-refractivity contribution is -0.146. The largest absolute Gasteiger partial charge is 0.466 e. The third-order valence-corrected chi connectivity index (χ3v) is 6.59. The van der Waals surface area contributed by atoms with Gasteiger partial charge in [-0.05, 0) is 55.5 Å².